The number of ether oxygens (including phenoxy) is 1. The number of aryl methyl sites for hydroxylation is 1. The molecule has 0 unspecified atom stereocenters. The van der Waals surface area contributed by atoms with E-state index in [-0.39, 0.29) is 6.10 Å². The number of hydrogen-bond donors (Lipinski definition) is 0. The van der Waals surface area contributed by atoms with E-state index in [1.54, 1.807) is 0 Å². The molecule has 1 radical (unpaired) electrons. The van der Waals surface area contributed by atoms with Crippen LogP contribution in [0, 0.1) is 13.8 Å². The van der Waals surface area contributed by atoms with Crippen molar-refractivity contribution in [1.82, 2.24) is 0 Å². The third-order valence-electron chi connectivity index (χ3n) is 1.58. The van der Waals surface area contributed by atoms with Gasteiger partial charge in [0.2, 0.25) is 0 Å². The molecule has 12 heavy (non-hydrogen) atoms. The third kappa shape index (κ3) is 2.26. The second-order valence-electron chi connectivity index (χ2n) is 3.28. The Labute approximate surface area is 74.4 Å². The van der Waals surface area contributed by atoms with Crippen molar-refractivity contribution in [3.05, 3.63) is 36.2 Å². The second kappa shape index (κ2) is 3.61. The minimum absolute atomic E-state index is 0.216. The molecule has 0 aliphatic rings. The van der Waals surface area contributed by atoms with Crippen LogP contribution in [0.5, 0.6) is 5.75 Å². The minimum Gasteiger partial charge on any atom is -0.491 e. The fourth-order valence-electron chi connectivity index (χ4n) is 1.08. The first kappa shape index (κ1) is 9.11. The van der Waals surface area contributed by atoms with Crippen molar-refractivity contribution in [3.8, 4) is 5.75 Å². The molecular weight excluding hydrogens is 148 g/mol. The molecule has 1 rings (SSSR count). The Kier molecular flexibility index (Phi) is 2.74. The summed E-state index contributed by atoms with van der Waals surface area (Å²) in [6, 6.07) is 6.03. The van der Waals surface area contributed by atoms with Gasteiger partial charge in [-0.2, -0.15) is 0 Å². The summed E-state index contributed by atoms with van der Waals surface area (Å²) in [5.74, 6) is 0.885. The molecule has 0 aliphatic heterocycles. The largest absolute Gasteiger partial charge is 0.491 e. The Morgan fingerprint density at radius 1 is 1.33 bits per heavy atom. The highest BCUT2D eigenvalue weighted by Gasteiger charge is 2.00. The molecule has 0 spiro atoms. The SMILES string of the molecule is [CH2]c1cc(C)ccc1OC(C)C. The van der Waals surface area contributed by atoms with E-state index in [9.17, 15) is 0 Å². The van der Waals surface area contributed by atoms with Crippen molar-refractivity contribution in [1.29, 1.82) is 0 Å². The first-order valence-electron chi connectivity index (χ1n) is 4.19. The van der Waals surface area contributed by atoms with Crippen LogP contribution in [0.3, 0.4) is 0 Å². The Morgan fingerprint density at radius 3 is 2.50 bits per heavy atom. The molecular formula is C11H15O. The van der Waals surface area contributed by atoms with Crippen LogP contribution in [0.15, 0.2) is 18.2 Å². The summed E-state index contributed by atoms with van der Waals surface area (Å²) in [4.78, 5) is 0. The van der Waals surface area contributed by atoms with Gasteiger partial charge in [0, 0.05) is 0 Å². The average molecular weight is 163 g/mol. The Bertz CT molecular complexity index is 264. The molecule has 1 aromatic rings. The summed E-state index contributed by atoms with van der Waals surface area (Å²) >= 11 is 0. The topological polar surface area (TPSA) is 9.23 Å². The maximum Gasteiger partial charge on any atom is 0.122 e. The smallest absolute Gasteiger partial charge is 0.122 e. The van der Waals surface area contributed by atoms with Crippen LogP contribution in [-0.2, 0) is 0 Å². The monoisotopic (exact) mass is 163 g/mol. The van der Waals surface area contributed by atoms with Gasteiger partial charge in [-0.15, -0.1) is 0 Å². The van der Waals surface area contributed by atoms with E-state index >= 15 is 0 Å². The molecule has 0 fully saturated rings. The first-order chi connectivity index (χ1) is 5.59. The molecule has 1 nitrogen and oxygen atoms in total. The molecule has 0 bridgehead atoms. The Morgan fingerprint density at radius 2 is 2.00 bits per heavy atom. The number of rotatable bonds is 2. The van der Waals surface area contributed by atoms with Gasteiger partial charge in [0.15, 0.2) is 0 Å². The standard InChI is InChI=1S/C11H15O/c1-8(2)12-11-6-5-9(3)7-10(11)4/h5-8H,4H2,1-3H3. The van der Waals surface area contributed by atoms with Gasteiger partial charge in [-0.05, 0) is 39.3 Å². The van der Waals surface area contributed by atoms with Crippen LogP contribution in [0.2, 0.25) is 0 Å². The van der Waals surface area contributed by atoms with Gasteiger partial charge in [0.05, 0.1) is 6.10 Å². The highest BCUT2D eigenvalue weighted by atomic mass is 16.5. The Balaban J connectivity index is 2.86. The molecule has 65 valence electrons. The van der Waals surface area contributed by atoms with Gasteiger partial charge >= 0.3 is 0 Å². The van der Waals surface area contributed by atoms with Crippen molar-refractivity contribution in [2.45, 2.75) is 26.9 Å². The van der Waals surface area contributed by atoms with E-state index in [4.69, 9.17) is 4.74 Å². The predicted octanol–water partition coefficient (Wildman–Crippen LogP) is 2.96. The zero-order valence-corrected chi connectivity index (χ0v) is 7.92. The van der Waals surface area contributed by atoms with E-state index in [1.165, 1.54) is 5.56 Å². The maximum atomic E-state index is 5.54. The van der Waals surface area contributed by atoms with Crippen molar-refractivity contribution in [2.75, 3.05) is 0 Å². The number of hydrogen-bond acceptors (Lipinski definition) is 1. The molecule has 0 saturated carbocycles. The van der Waals surface area contributed by atoms with Crippen LogP contribution < -0.4 is 4.74 Å². The lowest BCUT2D eigenvalue weighted by atomic mass is 10.1. The first-order valence-corrected chi connectivity index (χ1v) is 4.19. The van der Waals surface area contributed by atoms with Crippen molar-refractivity contribution < 1.29 is 4.74 Å². The lowest BCUT2D eigenvalue weighted by molar-refractivity contribution is 0.241. The summed E-state index contributed by atoms with van der Waals surface area (Å²) in [7, 11) is 0. The van der Waals surface area contributed by atoms with Crippen molar-refractivity contribution in [2.24, 2.45) is 0 Å². The van der Waals surface area contributed by atoms with Crippen LogP contribution >= 0.6 is 0 Å². The average Bonchev–Trinajstić information content (AvgIpc) is 1.94. The number of benzene rings is 1. The molecule has 0 heterocycles. The molecule has 1 aromatic carbocycles. The third-order valence-corrected chi connectivity index (χ3v) is 1.58. The fourth-order valence-corrected chi connectivity index (χ4v) is 1.08. The van der Waals surface area contributed by atoms with Crippen LogP contribution in [-0.4, -0.2) is 6.10 Å². The van der Waals surface area contributed by atoms with Crippen LogP contribution in [0.1, 0.15) is 25.0 Å². The molecule has 0 saturated heterocycles. The summed E-state index contributed by atoms with van der Waals surface area (Å²) in [6.07, 6.45) is 0.216. The highest BCUT2D eigenvalue weighted by molar-refractivity contribution is 5.38. The van der Waals surface area contributed by atoms with E-state index in [2.05, 4.69) is 6.92 Å². The summed E-state index contributed by atoms with van der Waals surface area (Å²) in [5, 5.41) is 0. The van der Waals surface area contributed by atoms with Crippen LogP contribution in [0.25, 0.3) is 0 Å². The summed E-state index contributed by atoms with van der Waals surface area (Å²) < 4.78 is 5.54. The molecule has 0 aromatic heterocycles. The van der Waals surface area contributed by atoms with Gasteiger partial charge in [0.1, 0.15) is 5.75 Å². The Hall–Kier alpha value is -0.980. The normalized spacial score (nSPS) is 10.4. The summed E-state index contributed by atoms with van der Waals surface area (Å²) in [6.45, 7) is 9.99. The van der Waals surface area contributed by atoms with Crippen molar-refractivity contribution in [3.63, 3.8) is 0 Å². The zero-order chi connectivity index (χ0) is 9.14. The molecule has 1 heteroatoms. The van der Waals surface area contributed by atoms with E-state index < -0.39 is 0 Å². The lowest BCUT2D eigenvalue weighted by Crippen LogP contribution is -2.06. The van der Waals surface area contributed by atoms with E-state index in [1.807, 2.05) is 39.0 Å². The van der Waals surface area contributed by atoms with Gasteiger partial charge in [0.25, 0.3) is 0 Å². The molecule has 0 aliphatic carbocycles. The lowest BCUT2D eigenvalue weighted by Gasteiger charge is -2.12. The second-order valence-corrected chi connectivity index (χ2v) is 3.28. The van der Waals surface area contributed by atoms with Crippen LogP contribution in [0.4, 0.5) is 0 Å². The van der Waals surface area contributed by atoms with Gasteiger partial charge in [-0.3, -0.25) is 0 Å². The molecule has 0 atom stereocenters. The summed E-state index contributed by atoms with van der Waals surface area (Å²) in [5.41, 5.74) is 2.18. The van der Waals surface area contributed by atoms with E-state index in [0.717, 1.165) is 11.3 Å². The quantitative estimate of drug-likeness (QED) is 0.651. The predicted molar refractivity (Wildman–Crippen MR) is 51.4 cm³/mol. The van der Waals surface area contributed by atoms with Crippen molar-refractivity contribution >= 4 is 0 Å². The zero-order valence-electron chi connectivity index (χ0n) is 7.92. The van der Waals surface area contributed by atoms with Gasteiger partial charge in [-0.25, -0.2) is 0 Å². The van der Waals surface area contributed by atoms with Gasteiger partial charge < -0.3 is 4.74 Å². The maximum absolute atomic E-state index is 5.54. The van der Waals surface area contributed by atoms with E-state index in [0.29, 0.717) is 0 Å². The highest BCUT2D eigenvalue weighted by Crippen LogP contribution is 2.19. The van der Waals surface area contributed by atoms with Gasteiger partial charge in [-0.1, -0.05) is 17.7 Å². The minimum atomic E-state index is 0.216. The fraction of sp³-hybridized carbons (Fsp3) is 0.364. The molecule has 0 N–H and O–H groups in total. The molecule has 0 amide bonds.